The van der Waals surface area contributed by atoms with Crippen molar-refractivity contribution in [1.82, 2.24) is 30.9 Å². The Balaban J connectivity index is 1.58. The van der Waals surface area contributed by atoms with E-state index in [-0.39, 0.29) is 17.6 Å². The van der Waals surface area contributed by atoms with E-state index in [2.05, 4.69) is 49.1 Å². The van der Waals surface area contributed by atoms with E-state index in [1.807, 2.05) is 6.20 Å². The molecule has 1 aliphatic carbocycles. The van der Waals surface area contributed by atoms with Crippen molar-refractivity contribution in [3.8, 4) is 0 Å². The van der Waals surface area contributed by atoms with Crippen LogP contribution in [0.3, 0.4) is 0 Å². The molecule has 7 nitrogen and oxygen atoms in total. The Morgan fingerprint density at radius 3 is 2.74 bits per heavy atom. The lowest BCUT2D eigenvalue weighted by molar-refractivity contribution is -0.123. The van der Waals surface area contributed by atoms with E-state index in [1.165, 1.54) is 18.4 Å². The zero-order valence-corrected chi connectivity index (χ0v) is 15.7. The van der Waals surface area contributed by atoms with Crippen LogP contribution in [0.15, 0.2) is 24.4 Å². The molecule has 142 valence electrons. The van der Waals surface area contributed by atoms with Crippen molar-refractivity contribution in [2.24, 2.45) is 11.8 Å². The first-order valence-corrected chi connectivity index (χ1v) is 9.81. The number of ketones is 1. The fourth-order valence-corrected chi connectivity index (χ4v) is 4.63. The minimum atomic E-state index is -0.0644. The summed E-state index contributed by atoms with van der Waals surface area (Å²) in [6.45, 7) is 3.51. The van der Waals surface area contributed by atoms with Crippen molar-refractivity contribution in [3.05, 3.63) is 41.5 Å². The van der Waals surface area contributed by atoms with Crippen molar-refractivity contribution in [2.75, 3.05) is 13.1 Å². The highest BCUT2D eigenvalue weighted by molar-refractivity contribution is 5.79. The number of nitrogens with one attached hydrogen (secondary N) is 2. The third kappa shape index (κ3) is 3.98. The maximum atomic E-state index is 12.6. The molecule has 1 aliphatic heterocycles. The molecular formula is C20H26N6O. The predicted molar refractivity (Wildman–Crippen MR) is 102 cm³/mol. The van der Waals surface area contributed by atoms with Crippen LogP contribution in [0.1, 0.15) is 55.6 Å². The second kappa shape index (κ2) is 8.08. The normalized spacial score (nSPS) is 19.8. The lowest BCUT2D eigenvalue weighted by atomic mass is 9.75. The number of hydrogen-bond acceptors (Lipinski definition) is 6. The van der Waals surface area contributed by atoms with Crippen LogP contribution in [0.2, 0.25) is 0 Å². The van der Waals surface area contributed by atoms with Gasteiger partial charge in [0.1, 0.15) is 5.78 Å². The summed E-state index contributed by atoms with van der Waals surface area (Å²) in [6, 6.07) is 4.19. The molecule has 27 heavy (non-hydrogen) atoms. The molecule has 3 heterocycles. The fraction of sp³-hybridized carbons (Fsp3) is 0.550. The lowest BCUT2D eigenvalue weighted by Crippen LogP contribution is -2.29. The van der Waals surface area contributed by atoms with E-state index >= 15 is 0 Å². The molecule has 0 radical (unpaired) electrons. The molecule has 1 saturated carbocycles. The Bertz CT molecular complexity index is 792. The molecule has 0 aromatic carbocycles. The summed E-state index contributed by atoms with van der Waals surface area (Å²) in [5.41, 5.74) is 3.41. The van der Waals surface area contributed by atoms with Gasteiger partial charge in [-0.2, -0.15) is 0 Å². The Labute approximate surface area is 159 Å². The minimum absolute atomic E-state index is 0.0636. The predicted octanol–water partition coefficient (Wildman–Crippen LogP) is 2.30. The van der Waals surface area contributed by atoms with Crippen molar-refractivity contribution >= 4 is 11.4 Å². The highest BCUT2D eigenvalue weighted by Gasteiger charge is 2.37. The SMILES string of the molecule is CC(=O)[C@@H](C1CCCC1)[C@H](Cc1ccc(C2=CCNC2)cn1)c1nnn[nH]1. The number of rotatable bonds is 7. The second-order valence-electron chi connectivity index (χ2n) is 7.68. The molecule has 2 aromatic rings. The summed E-state index contributed by atoms with van der Waals surface area (Å²) in [5, 5.41) is 17.9. The molecule has 0 amide bonds. The lowest BCUT2D eigenvalue weighted by Gasteiger charge is -2.28. The number of aromatic nitrogens is 5. The van der Waals surface area contributed by atoms with Gasteiger partial charge in [-0.25, -0.2) is 5.10 Å². The number of H-pyrrole nitrogens is 1. The van der Waals surface area contributed by atoms with Gasteiger partial charge in [0.25, 0.3) is 0 Å². The van der Waals surface area contributed by atoms with E-state index in [0.717, 1.165) is 37.2 Å². The summed E-state index contributed by atoms with van der Waals surface area (Å²) >= 11 is 0. The smallest absolute Gasteiger partial charge is 0.152 e. The monoisotopic (exact) mass is 366 g/mol. The van der Waals surface area contributed by atoms with Crippen LogP contribution in [0, 0.1) is 11.8 Å². The Kier molecular flexibility index (Phi) is 5.38. The van der Waals surface area contributed by atoms with Crippen LogP contribution in [0.5, 0.6) is 0 Å². The number of nitrogens with zero attached hydrogens (tertiary/aromatic N) is 4. The summed E-state index contributed by atoms with van der Waals surface area (Å²) < 4.78 is 0. The number of hydrogen-bond donors (Lipinski definition) is 2. The summed E-state index contributed by atoms with van der Waals surface area (Å²) in [7, 11) is 0. The molecule has 7 heteroatoms. The maximum Gasteiger partial charge on any atom is 0.152 e. The number of tetrazole rings is 1. The first-order valence-electron chi connectivity index (χ1n) is 9.81. The van der Waals surface area contributed by atoms with Gasteiger partial charge in [0, 0.05) is 43.2 Å². The summed E-state index contributed by atoms with van der Waals surface area (Å²) in [4.78, 5) is 17.2. The summed E-state index contributed by atoms with van der Waals surface area (Å²) in [6.07, 6.45) is 9.41. The molecule has 0 saturated heterocycles. The van der Waals surface area contributed by atoms with Gasteiger partial charge in [-0.15, -0.1) is 5.10 Å². The first-order chi connectivity index (χ1) is 13.2. The zero-order valence-electron chi connectivity index (χ0n) is 15.7. The molecule has 0 spiro atoms. The first kappa shape index (κ1) is 18.0. The van der Waals surface area contributed by atoms with Gasteiger partial charge in [0.15, 0.2) is 5.82 Å². The Morgan fingerprint density at radius 2 is 2.15 bits per heavy atom. The molecule has 2 aliphatic rings. The van der Waals surface area contributed by atoms with E-state index in [1.54, 1.807) is 6.92 Å². The molecule has 2 atom stereocenters. The van der Waals surface area contributed by atoms with Crippen molar-refractivity contribution < 1.29 is 4.79 Å². The van der Waals surface area contributed by atoms with Crippen molar-refractivity contribution in [1.29, 1.82) is 0 Å². The number of carbonyl (C=O) groups excluding carboxylic acids is 1. The van der Waals surface area contributed by atoms with Crippen LogP contribution in [0.25, 0.3) is 5.57 Å². The van der Waals surface area contributed by atoms with Crippen LogP contribution in [0.4, 0.5) is 0 Å². The van der Waals surface area contributed by atoms with Gasteiger partial charge < -0.3 is 5.32 Å². The highest BCUT2D eigenvalue weighted by atomic mass is 16.1. The standard InChI is InChI=1S/C20H26N6O/c1-13(27)19(14-4-2-3-5-14)18(20-23-25-26-24-20)10-17-7-6-15(12-22-17)16-8-9-21-11-16/h6-8,12,14,18-19,21H,2-5,9-11H2,1H3,(H,23,24,25,26)/t18-,19-/m0/s1. The largest absolute Gasteiger partial charge is 0.309 e. The molecule has 4 rings (SSSR count). The topological polar surface area (TPSA) is 96.5 Å². The van der Waals surface area contributed by atoms with E-state index in [4.69, 9.17) is 0 Å². The van der Waals surface area contributed by atoms with Gasteiger partial charge in [-0.3, -0.25) is 9.78 Å². The van der Waals surface area contributed by atoms with Gasteiger partial charge in [-0.1, -0.05) is 25.0 Å². The maximum absolute atomic E-state index is 12.6. The molecule has 0 unspecified atom stereocenters. The Hall–Kier alpha value is -2.41. The van der Waals surface area contributed by atoms with Gasteiger partial charge in [-0.05, 0) is 53.3 Å². The van der Waals surface area contributed by atoms with Crippen LogP contribution < -0.4 is 5.32 Å². The van der Waals surface area contributed by atoms with E-state index in [0.29, 0.717) is 18.2 Å². The molecule has 2 N–H and O–H groups in total. The average Bonchev–Trinajstić information content (AvgIpc) is 3.43. The minimum Gasteiger partial charge on any atom is -0.309 e. The number of aromatic amines is 1. The molecule has 1 fully saturated rings. The second-order valence-corrected chi connectivity index (χ2v) is 7.68. The third-order valence-corrected chi connectivity index (χ3v) is 5.96. The Morgan fingerprint density at radius 1 is 1.30 bits per heavy atom. The highest BCUT2D eigenvalue weighted by Crippen LogP contribution is 2.40. The molecule has 2 aromatic heterocycles. The quantitative estimate of drug-likeness (QED) is 0.780. The van der Waals surface area contributed by atoms with Gasteiger partial charge >= 0.3 is 0 Å². The van der Waals surface area contributed by atoms with E-state index < -0.39 is 0 Å². The molecular weight excluding hydrogens is 340 g/mol. The number of pyridine rings is 1. The van der Waals surface area contributed by atoms with Gasteiger partial charge in [0.05, 0.1) is 0 Å². The third-order valence-electron chi connectivity index (χ3n) is 5.96. The number of carbonyl (C=O) groups is 1. The average molecular weight is 366 g/mol. The van der Waals surface area contributed by atoms with Crippen molar-refractivity contribution in [2.45, 2.75) is 44.9 Å². The van der Waals surface area contributed by atoms with Crippen molar-refractivity contribution in [3.63, 3.8) is 0 Å². The van der Waals surface area contributed by atoms with E-state index in [9.17, 15) is 4.79 Å². The zero-order chi connectivity index (χ0) is 18.6. The van der Waals surface area contributed by atoms with Crippen LogP contribution in [-0.2, 0) is 11.2 Å². The van der Waals surface area contributed by atoms with Crippen LogP contribution in [-0.4, -0.2) is 44.5 Å². The molecule has 0 bridgehead atoms. The van der Waals surface area contributed by atoms with Crippen LogP contribution >= 0.6 is 0 Å². The van der Waals surface area contributed by atoms with Gasteiger partial charge in [0.2, 0.25) is 0 Å². The summed E-state index contributed by atoms with van der Waals surface area (Å²) in [5.74, 6) is 1.20. The number of Topliss-reactive ketones (excluding diaryl/α,β-unsaturated/α-hetero) is 1. The fourth-order valence-electron chi connectivity index (χ4n) is 4.63.